The van der Waals surface area contributed by atoms with Crippen molar-refractivity contribution in [1.29, 1.82) is 0 Å². The average molecular weight is 431 g/mol. The number of ether oxygens (including phenoxy) is 1. The van der Waals surface area contributed by atoms with Gasteiger partial charge in [-0.2, -0.15) is 0 Å². The second-order valence-corrected chi connectivity index (χ2v) is 10.0. The van der Waals surface area contributed by atoms with Crippen molar-refractivity contribution in [1.82, 2.24) is 20.5 Å². The molecule has 30 heavy (non-hydrogen) atoms. The molecule has 2 aromatic rings. The van der Waals surface area contributed by atoms with Crippen LogP contribution in [0.4, 0.5) is 4.79 Å². The van der Waals surface area contributed by atoms with E-state index in [1.165, 1.54) is 5.56 Å². The molecular weight excluding hydrogens is 396 g/mol. The zero-order valence-corrected chi connectivity index (χ0v) is 19.5. The van der Waals surface area contributed by atoms with Gasteiger partial charge in [0.2, 0.25) is 0 Å². The molecule has 1 aliphatic rings. The highest BCUT2D eigenvalue weighted by Gasteiger charge is 2.22. The van der Waals surface area contributed by atoms with Gasteiger partial charge in [0, 0.05) is 37.0 Å². The summed E-state index contributed by atoms with van der Waals surface area (Å²) in [5, 5.41) is 9.00. The number of hydrogen-bond acceptors (Lipinski definition) is 5. The molecule has 0 saturated carbocycles. The van der Waals surface area contributed by atoms with Crippen LogP contribution in [-0.2, 0) is 29.8 Å². The van der Waals surface area contributed by atoms with Crippen LogP contribution in [0.3, 0.4) is 0 Å². The summed E-state index contributed by atoms with van der Waals surface area (Å²) in [7, 11) is 0. The summed E-state index contributed by atoms with van der Waals surface area (Å²) in [5.41, 5.74) is 3.32. The number of carbonyl (C=O) groups excluding carboxylic acids is 1. The van der Waals surface area contributed by atoms with Crippen molar-refractivity contribution in [2.45, 2.75) is 71.9 Å². The van der Waals surface area contributed by atoms with Gasteiger partial charge in [-0.15, -0.1) is 11.3 Å². The van der Waals surface area contributed by atoms with E-state index in [9.17, 15) is 4.79 Å². The Morgan fingerprint density at radius 3 is 2.40 bits per heavy atom. The number of hydrogen-bond donors (Lipinski definition) is 2. The van der Waals surface area contributed by atoms with Crippen molar-refractivity contribution in [2.24, 2.45) is 0 Å². The van der Waals surface area contributed by atoms with Crippen molar-refractivity contribution in [3.05, 3.63) is 51.5 Å². The van der Waals surface area contributed by atoms with Gasteiger partial charge in [0.25, 0.3) is 0 Å². The molecular formula is C23H34N4O2S. The van der Waals surface area contributed by atoms with Gasteiger partial charge in [-0.3, -0.25) is 4.90 Å². The Kier molecular flexibility index (Phi) is 7.50. The molecule has 1 aromatic carbocycles. The average Bonchev–Trinajstić information content (AvgIpc) is 3.14. The fourth-order valence-corrected chi connectivity index (χ4v) is 4.59. The lowest BCUT2D eigenvalue weighted by molar-refractivity contribution is -0.0705. The third kappa shape index (κ3) is 6.52. The Bertz CT molecular complexity index is 836. The van der Waals surface area contributed by atoms with E-state index in [1.54, 1.807) is 11.3 Å². The SMILES string of the molecule is CC1CN(Cc2ccccc2CNC(=O)NCc2csc(C(C)(C)C)n2)CC(C)O1. The molecule has 0 aliphatic carbocycles. The van der Waals surface area contributed by atoms with Gasteiger partial charge in [0.05, 0.1) is 29.5 Å². The van der Waals surface area contributed by atoms with Gasteiger partial charge in [0.15, 0.2) is 0 Å². The van der Waals surface area contributed by atoms with Gasteiger partial charge in [0.1, 0.15) is 0 Å². The van der Waals surface area contributed by atoms with Crippen LogP contribution in [0.15, 0.2) is 29.6 Å². The minimum absolute atomic E-state index is 0.0327. The van der Waals surface area contributed by atoms with Crippen molar-refractivity contribution >= 4 is 17.4 Å². The lowest BCUT2D eigenvalue weighted by atomic mass is 9.98. The van der Waals surface area contributed by atoms with Crippen molar-refractivity contribution in [3.8, 4) is 0 Å². The maximum absolute atomic E-state index is 12.3. The maximum Gasteiger partial charge on any atom is 0.315 e. The van der Waals surface area contributed by atoms with Gasteiger partial charge in [-0.05, 0) is 25.0 Å². The van der Waals surface area contributed by atoms with Crippen LogP contribution in [0, 0.1) is 0 Å². The molecule has 2 atom stereocenters. The third-order valence-corrected chi connectivity index (χ3v) is 6.39. The first kappa shape index (κ1) is 22.7. The normalized spacial score (nSPS) is 20.2. The Labute approximate surface area is 184 Å². The Morgan fingerprint density at radius 1 is 1.13 bits per heavy atom. The molecule has 6 nitrogen and oxygen atoms in total. The van der Waals surface area contributed by atoms with Crippen molar-refractivity contribution < 1.29 is 9.53 Å². The number of benzene rings is 1. The molecule has 2 N–H and O–H groups in total. The minimum Gasteiger partial charge on any atom is -0.373 e. The first-order chi connectivity index (χ1) is 14.2. The predicted molar refractivity (Wildman–Crippen MR) is 122 cm³/mol. The first-order valence-electron chi connectivity index (χ1n) is 10.6. The third-order valence-electron chi connectivity index (χ3n) is 5.07. The van der Waals surface area contributed by atoms with Gasteiger partial charge in [-0.25, -0.2) is 9.78 Å². The van der Waals surface area contributed by atoms with E-state index in [-0.39, 0.29) is 23.7 Å². The number of thiazole rings is 1. The Balaban J connectivity index is 1.50. The van der Waals surface area contributed by atoms with Crippen LogP contribution < -0.4 is 10.6 Å². The van der Waals surface area contributed by atoms with E-state index in [0.717, 1.165) is 35.9 Å². The molecule has 2 heterocycles. The number of morpholine rings is 1. The molecule has 0 bridgehead atoms. The van der Waals surface area contributed by atoms with E-state index < -0.39 is 0 Å². The van der Waals surface area contributed by atoms with Gasteiger partial charge in [-0.1, -0.05) is 45.0 Å². The highest BCUT2D eigenvalue weighted by molar-refractivity contribution is 7.09. The summed E-state index contributed by atoms with van der Waals surface area (Å²) in [6, 6.07) is 8.12. The van der Waals surface area contributed by atoms with Crippen LogP contribution >= 0.6 is 11.3 Å². The molecule has 1 aromatic heterocycles. The zero-order valence-electron chi connectivity index (χ0n) is 18.7. The molecule has 1 saturated heterocycles. The molecule has 2 amide bonds. The summed E-state index contributed by atoms with van der Waals surface area (Å²) < 4.78 is 5.84. The molecule has 0 spiro atoms. The molecule has 0 radical (unpaired) electrons. The molecule has 164 valence electrons. The smallest absolute Gasteiger partial charge is 0.315 e. The minimum atomic E-state index is -0.177. The monoisotopic (exact) mass is 430 g/mol. The lowest BCUT2D eigenvalue weighted by Gasteiger charge is -2.35. The summed E-state index contributed by atoms with van der Waals surface area (Å²) >= 11 is 1.64. The van der Waals surface area contributed by atoms with E-state index in [1.807, 2.05) is 11.4 Å². The fraction of sp³-hybridized carbons (Fsp3) is 0.565. The molecule has 2 unspecified atom stereocenters. The number of carbonyl (C=O) groups is 1. The quantitative estimate of drug-likeness (QED) is 0.726. The van der Waals surface area contributed by atoms with E-state index in [4.69, 9.17) is 4.74 Å². The number of nitrogens with one attached hydrogen (secondary N) is 2. The number of urea groups is 1. The Morgan fingerprint density at radius 2 is 1.77 bits per heavy atom. The summed E-state index contributed by atoms with van der Waals surface area (Å²) in [6.07, 6.45) is 0.489. The van der Waals surface area contributed by atoms with Crippen LogP contribution in [0.2, 0.25) is 0 Å². The maximum atomic E-state index is 12.3. The first-order valence-corrected chi connectivity index (χ1v) is 11.5. The van der Waals surface area contributed by atoms with Crippen LogP contribution in [0.1, 0.15) is 56.4 Å². The summed E-state index contributed by atoms with van der Waals surface area (Å²) in [6.45, 7) is 14.3. The Hall–Kier alpha value is -1.96. The number of rotatable bonds is 6. The summed E-state index contributed by atoms with van der Waals surface area (Å²) in [5.74, 6) is 0. The molecule has 7 heteroatoms. The standard InChI is InChI=1S/C23H34N4O2S/c1-16-12-27(13-17(2)29-16)14-19-9-7-6-8-18(19)10-24-22(28)25-11-20-15-30-21(26-20)23(3,4)5/h6-9,15-17H,10-14H2,1-5H3,(H2,24,25,28). The topological polar surface area (TPSA) is 66.5 Å². The highest BCUT2D eigenvalue weighted by Crippen LogP contribution is 2.25. The fourth-order valence-electron chi connectivity index (χ4n) is 3.68. The highest BCUT2D eigenvalue weighted by atomic mass is 32.1. The van der Waals surface area contributed by atoms with Crippen molar-refractivity contribution in [2.75, 3.05) is 13.1 Å². The van der Waals surface area contributed by atoms with Crippen LogP contribution in [0.25, 0.3) is 0 Å². The second kappa shape index (κ2) is 9.90. The molecule has 1 fully saturated rings. The number of amides is 2. The van der Waals surface area contributed by atoms with Crippen molar-refractivity contribution in [3.63, 3.8) is 0 Å². The van der Waals surface area contributed by atoms with Gasteiger partial charge >= 0.3 is 6.03 Å². The van der Waals surface area contributed by atoms with E-state index in [2.05, 4.69) is 73.3 Å². The second-order valence-electron chi connectivity index (χ2n) is 9.15. The van der Waals surface area contributed by atoms with E-state index >= 15 is 0 Å². The van der Waals surface area contributed by atoms with Crippen LogP contribution in [-0.4, -0.2) is 41.2 Å². The molecule has 1 aliphatic heterocycles. The zero-order chi connectivity index (χ0) is 21.7. The van der Waals surface area contributed by atoms with Gasteiger partial charge < -0.3 is 15.4 Å². The lowest BCUT2D eigenvalue weighted by Crippen LogP contribution is -2.45. The summed E-state index contributed by atoms with van der Waals surface area (Å²) in [4.78, 5) is 19.4. The number of aromatic nitrogens is 1. The van der Waals surface area contributed by atoms with E-state index in [0.29, 0.717) is 13.1 Å². The number of nitrogens with zero attached hydrogens (tertiary/aromatic N) is 2. The predicted octanol–water partition coefficient (Wildman–Crippen LogP) is 4.05. The largest absolute Gasteiger partial charge is 0.373 e. The van der Waals surface area contributed by atoms with Crippen LogP contribution in [0.5, 0.6) is 0 Å². The molecule has 3 rings (SSSR count).